The van der Waals surface area contributed by atoms with Crippen molar-refractivity contribution in [1.29, 1.82) is 0 Å². The molecule has 108 valence electrons. The molecule has 0 amide bonds. The third-order valence-corrected chi connectivity index (χ3v) is 3.72. The van der Waals surface area contributed by atoms with Crippen LogP contribution in [0.2, 0.25) is 0 Å². The summed E-state index contributed by atoms with van der Waals surface area (Å²) >= 11 is 0. The molecule has 0 unspecified atom stereocenters. The number of aromatic nitrogens is 4. The number of rotatable bonds is 5. The van der Waals surface area contributed by atoms with Crippen molar-refractivity contribution in [1.82, 2.24) is 19.6 Å². The van der Waals surface area contributed by atoms with Gasteiger partial charge in [-0.05, 0) is 18.8 Å². The van der Waals surface area contributed by atoms with Crippen molar-refractivity contribution < 1.29 is 9.84 Å². The van der Waals surface area contributed by atoms with Crippen LogP contribution in [0.4, 0.5) is 0 Å². The molecule has 0 atom stereocenters. The van der Waals surface area contributed by atoms with E-state index in [1.54, 1.807) is 4.68 Å². The Kier molecular flexibility index (Phi) is 4.13. The van der Waals surface area contributed by atoms with E-state index >= 15 is 0 Å². The van der Waals surface area contributed by atoms with Crippen molar-refractivity contribution in [2.45, 2.75) is 25.9 Å². The Bertz CT molecular complexity index is 543. The predicted molar refractivity (Wildman–Crippen MR) is 74.1 cm³/mol. The second kappa shape index (κ2) is 6.19. The predicted octanol–water partition coefficient (Wildman–Crippen LogP) is 1.17. The highest BCUT2D eigenvalue weighted by atomic mass is 16.5. The van der Waals surface area contributed by atoms with Crippen molar-refractivity contribution >= 4 is 0 Å². The summed E-state index contributed by atoms with van der Waals surface area (Å²) in [6.07, 6.45) is 9.92. The lowest BCUT2D eigenvalue weighted by Crippen LogP contribution is -2.20. The van der Waals surface area contributed by atoms with Gasteiger partial charge in [0.25, 0.3) is 0 Å². The molecule has 2 aromatic heterocycles. The second-order valence-corrected chi connectivity index (χ2v) is 5.22. The van der Waals surface area contributed by atoms with Crippen molar-refractivity contribution in [3.8, 4) is 11.1 Å². The van der Waals surface area contributed by atoms with E-state index in [4.69, 9.17) is 9.84 Å². The lowest BCUT2D eigenvalue weighted by Gasteiger charge is -2.21. The van der Waals surface area contributed by atoms with Gasteiger partial charge in [0.1, 0.15) is 0 Å². The third-order valence-electron chi connectivity index (χ3n) is 3.72. The number of nitrogens with zero attached hydrogens (tertiary/aromatic N) is 4. The molecule has 1 aliphatic heterocycles. The zero-order valence-corrected chi connectivity index (χ0v) is 11.5. The number of hydrogen-bond acceptors (Lipinski definition) is 4. The average molecular weight is 276 g/mol. The van der Waals surface area contributed by atoms with Gasteiger partial charge in [0.05, 0.1) is 25.5 Å². The van der Waals surface area contributed by atoms with Crippen molar-refractivity contribution in [2.75, 3.05) is 19.8 Å². The van der Waals surface area contributed by atoms with Gasteiger partial charge in [0.15, 0.2) is 0 Å². The number of aliphatic hydroxyl groups excluding tert-OH is 1. The Morgan fingerprint density at radius 3 is 2.45 bits per heavy atom. The molecule has 0 spiro atoms. The summed E-state index contributed by atoms with van der Waals surface area (Å²) in [4.78, 5) is 0. The molecule has 3 rings (SSSR count). The smallest absolute Gasteiger partial charge is 0.0641 e. The van der Waals surface area contributed by atoms with Gasteiger partial charge < -0.3 is 9.84 Å². The molecule has 20 heavy (non-hydrogen) atoms. The van der Waals surface area contributed by atoms with Gasteiger partial charge in [-0.3, -0.25) is 9.36 Å². The summed E-state index contributed by atoms with van der Waals surface area (Å²) in [6.45, 7) is 3.31. The molecule has 1 fully saturated rings. The van der Waals surface area contributed by atoms with Crippen LogP contribution in [0.3, 0.4) is 0 Å². The normalized spacial score (nSPS) is 16.6. The Balaban J connectivity index is 1.65. The first kappa shape index (κ1) is 13.3. The maximum Gasteiger partial charge on any atom is 0.0641 e. The maximum atomic E-state index is 8.90. The Morgan fingerprint density at radius 1 is 1.10 bits per heavy atom. The van der Waals surface area contributed by atoms with Crippen LogP contribution >= 0.6 is 0 Å². The summed E-state index contributed by atoms with van der Waals surface area (Å²) < 4.78 is 9.13. The number of aliphatic hydroxyl groups is 1. The van der Waals surface area contributed by atoms with Crippen molar-refractivity contribution in [3.05, 3.63) is 24.8 Å². The van der Waals surface area contributed by atoms with Gasteiger partial charge in [0, 0.05) is 43.3 Å². The number of ether oxygens (including phenoxy) is 1. The third kappa shape index (κ3) is 3.08. The maximum absolute atomic E-state index is 8.90. The second-order valence-electron chi connectivity index (χ2n) is 5.22. The minimum Gasteiger partial charge on any atom is -0.394 e. The molecule has 6 nitrogen and oxygen atoms in total. The SMILES string of the molecule is OCCn1cc(-c2cnn(CC3CCOCC3)c2)cn1. The zero-order valence-electron chi connectivity index (χ0n) is 11.5. The minimum absolute atomic E-state index is 0.101. The summed E-state index contributed by atoms with van der Waals surface area (Å²) in [6, 6.07) is 0. The molecule has 3 heterocycles. The average Bonchev–Trinajstić information content (AvgIpc) is 3.10. The lowest BCUT2D eigenvalue weighted by molar-refractivity contribution is 0.0601. The first-order valence-electron chi connectivity index (χ1n) is 7.09. The minimum atomic E-state index is 0.101. The summed E-state index contributed by atoms with van der Waals surface area (Å²) in [5.41, 5.74) is 2.11. The van der Waals surface area contributed by atoms with E-state index in [9.17, 15) is 0 Å². The van der Waals surface area contributed by atoms with Gasteiger partial charge in [-0.15, -0.1) is 0 Å². The highest BCUT2D eigenvalue weighted by Crippen LogP contribution is 2.20. The summed E-state index contributed by atoms with van der Waals surface area (Å²) in [5, 5.41) is 17.5. The molecule has 6 heteroatoms. The fourth-order valence-corrected chi connectivity index (χ4v) is 2.54. The van der Waals surface area contributed by atoms with Gasteiger partial charge >= 0.3 is 0 Å². The van der Waals surface area contributed by atoms with Crippen molar-refractivity contribution in [2.24, 2.45) is 5.92 Å². The van der Waals surface area contributed by atoms with Crippen LogP contribution in [0.5, 0.6) is 0 Å². The van der Waals surface area contributed by atoms with Gasteiger partial charge in [-0.1, -0.05) is 0 Å². The van der Waals surface area contributed by atoms with Crippen LogP contribution in [-0.2, 0) is 17.8 Å². The fourth-order valence-electron chi connectivity index (χ4n) is 2.54. The summed E-state index contributed by atoms with van der Waals surface area (Å²) in [7, 11) is 0. The zero-order chi connectivity index (χ0) is 13.8. The van der Waals surface area contributed by atoms with E-state index in [1.165, 1.54) is 0 Å². The van der Waals surface area contributed by atoms with Crippen LogP contribution in [0.1, 0.15) is 12.8 Å². The van der Waals surface area contributed by atoms with E-state index in [-0.39, 0.29) is 6.61 Å². The Morgan fingerprint density at radius 2 is 1.75 bits per heavy atom. The van der Waals surface area contributed by atoms with Gasteiger partial charge in [-0.25, -0.2) is 0 Å². The monoisotopic (exact) mass is 276 g/mol. The van der Waals surface area contributed by atoms with E-state index in [1.807, 2.05) is 23.3 Å². The lowest BCUT2D eigenvalue weighted by atomic mass is 10.0. The van der Waals surface area contributed by atoms with Gasteiger partial charge in [0.2, 0.25) is 0 Å². The molecule has 2 aromatic rings. The molecule has 0 aliphatic carbocycles. The van der Waals surface area contributed by atoms with E-state index in [0.717, 1.165) is 43.7 Å². The van der Waals surface area contributed by atoms with Crippen LogP contribution in [0, 0.1) is 5.92 Å². The molecule has 0 radical (unpaired) electrons. The quantitative estimate of drug-likeness (QED) is 0.890. The number of hydrogen-bond donors (Lipinski definition) is 1. The van der Waals surface area contributed by atoms with Crippen molar-refractivity contribution in [3.63, 3.8) is 0 Å². The highest BCUT2D eigenvalue weighted by Gasteiger charge is 2.15. The Hall–Kier alpha value is -1.66. The molecule has 0 bridgehead atoms. The van der Waals surface area contributed by atoms with E-state index in [0.29, 0.717) is 12.5 Å². The highest BCUT2D eigenvalue weighted by molar-refractivity contribution is 5.59. The summed E-state index contributed by atoms with van der Waals surface area (Å²) in [5.74, 6) is 0.661. The fraction of sp³-hybridized carbons (Fsp3) is 0.571. The molecule has 0 aromatic carbocycles. The van der Waals surface area contributed by atoms with Crippen LogP contribution in [0.15, 0.2) is 24.8 Å². The standard InChI is InChI=1S/C14H20N4O2/c19-4-3-17-10-13(7-15-17)14-8-16-18(11-14)9-12-1-5-20-6-2-12/h7-8,10-12,19H,1-6,9H2. The topological polar surface area (TPSA) is 65.1 Å². The molecular weight excluding hydrogens is 256 g/mol. The van der Waals surface area contributed by atoms with Crippen LogP contribution < -0.4 is 0 Å². The van der Waals surface area contributed by atoms with Gasteiger partial charge in [-0.2, -0.15) is 10.2 Å². The molecule has 1 aliphatic rings. The van der Waals surface area contributed by atoms with E-state index < -0.39 is 0 Å². The van der Waals surface area contributed by atoms with Crippen LogP contribution in [-0.4, -0.2) is 44.5 Å². The molecule has 0 saturated carbocycles. The largest absolute Gasteiger partial charge is 0.394 e. The first-order valence-corrected chi connectivity index (χ1v) is 7.09. The Labute approximate surface area is 118 Å². The molecule has 1 N–H and O–H groups in total. The van der Waals surface area contributed by atoms with Crippen LogP contribution in [0.25, 0.3) is 11.1 Å². The first-order chi connectivity index (χ1) is 9.85. The molecule has 1 saturated heterocycles. The molecular formula is C14H20N4O2. The van der Waals surface area contributed by atoms with E-state index in [2.05, 4.69) is 16.4 Å².